The van der Waals surface area contributed by atoms with Crippen LogP contribution in [0, 0.1) is 0 Å². The summed E-state index contributed by atoms with van der Waals surface area (Å²) in [5.41, 5.74) is 0. The Morgan fingerprint density at radius 3 is 1.40 bits per heavy atom. The van der Waals surface area contributed by atoms with Crippen molar-refractivity contribution in [2.45, 2.75) is 160 Å². The number of nitrogens with one attached hydrogen (secondary N) is 1. The van der Waals surface area contributed by atoms with Gasteiger partial charge in [0.1, 0.15) is 122 Å². The van der Waals surface area contributed by atoms with Gasteiger partial charge in [0.15, 0.2) is 31.5 Å². The van der Waals surface area contributed by atoms with Crippen LogP contribution in [-0.2, 0) is 52.2 Å². The van der Waals surface area contributed by atoms with E-state index >= 15 is 0 Å². The maximum atomic E-state index is 12.7. The summed E-state index contributed by atoms with van der Waals surface area (Å²) in [6.45, 7) is -3.60. The SMILES string of the molecule is CO[C@H]1[C@@H](O)[C@@H](CO)O[C@H](O[C@H]2[C@@H](O)[C@@H](CO)O[C@H](O[C@H]3[C@@H](O)[C@@H](CO)O[C@@H](O[C@H]4[C@H](O)[C@@H](O)[C@H](O)O[C@@H]4CO)[C@@H]3O[C@H]3O[C@H](CO)[C@H](O)[C@H](O)[C@H]3O)[C@@H]2NC(C)=O)[C@@H]1O. The minimum atomic E-state index is -2.12. The zero-order chi connectivity index (χ0) is 44.3. The van der Waals surface area contributed by atoms with Gasteiger partial charge < -0.3 is 129 Å². The van der Waals surface area contributed by atoms with E-state index in [1.165, 1.54) is 0 Å². The molecule has 0 aromatic heterocycles. The van der Waals surface area contributed by atoms with E-state index in [-0.39, 0.29) is 0 Å². The van der Waals surface area contributed by atoms with Crippen molar-refractivity contribution in [2.75, 3.05) is 40.1 Å². The molecule has 60 heavy (non-hydrogen) atoms. The highest BCUT2D eigenvalue weighted by molar-refractivity contribution is 5.73. The number of hydrogen-bond acceptors (Lipinski definition) is 26. The molecule has 0 aromatic carbocycles. The molecule has 5 heterocycles. The lowest BCUT2D eigenvalue weighted by Crippen LogP contribution is -2.71. The second-order valence-corrected chi connectivity index (χ2v) is 14.9. The molecule has 350 valence electrons. The Balaban J connectivity index is 1.55. The minimum Gasteiger partial charge on any atom is -0.394 e. The molecular formula is C33H57NO26. The van der Waals surface area contributed by atoms with Crippen LogP contribution in [-0.4, -0.2) is 276 Å². The van der Waals surface area contributed by atoms with Crippen molar-refractivity contribution < 1.29 is 129 Å². The van der Waals surface area contributed by atoms with Gasteiger partial charge in [0.2, 0.25) is 5.91 Å². The average molecular weight is 884 g/mol. The second-order valence-electron chi connectivity index (χ2n) is 14.9. The lowest BCUT2D eigenvalue weighted by molar-refractivity contribution is -0.404. The molecule has 0 unspecified atom stereocenters. The lowest BCUT2D eigenvalue weighted by Gasteiger charge is -2.51. The molecule has 5 fully saturated rings. The van der Waals surface area contributed by atoms with Crippen LogP contribution in [0.3, 0.4) is 0 Å². The van der Waals surface area contributed by atoms with Crippen molar-refractivity contribution in [3.63, 3.8) is 0 Å². The number of amides is 1. The van der Waals surface area contributed by atoms with Gasteiger partial charge in [-0.05, 0) is 0 Å². The molecule has 0 saturated carbocycles. The molecule has 0 aliphatic carbocycles. The van der Waals surface area contributed by atoms with Gasteiger partial charge in [-0.25, -0.2) is 0 Å². The van der Waals surface area contributed by atoms with Gasteiger partial charge in [-0.1, -0.05) is 0 Å². The second kappa shape index (κ2) is 21.4. The van der Waals surface area contributed by atoms with E-state index in [0.29, 0.717) is 0 Å². The lowest BCUT2D eigenvalue weighted by atomic mass is 9.94. The van der Waals surface area contributed by atoms with E-state index < -0.39 is 192 Å². The van der Waals surface area contributed by atoms with Crippen LogP contribution in [0.25, 0.3) is 0 Å². The molecule has 25 atom stereocenters. The Bertz CT molecular complexity index is 1340. The molecule has 27 nitrogen and oxygen atoms in total. The molecular weight excluding hydrogens is 826 g/mol. The Morgan fingerprint density at radius 2 is 0.867 bits per heavy atom. The van der Waals surface area contributed by atoms with Crippen molar-refractivity contribution in [3.8, 4) is 0 Å². The molecule has 0 bridgehead atoms. The van der Waals surface area contributed by atoms with E-state index in [0.717, 1.165) is 14.0 Å². The number of carbonyl (C=O) groups excluding carboxylic acids is 1. The molecule has 5 aliphatic heterocycles. The molecule has 0 spiro atoms. The fourth-order valence-electron chi connectivity index (χ4n) is 7.66. The van der Waals surface area contributed by atoms with Crippen molar-refractivity contribution >= 4 is 5.91 Å². The minimum absolute atomic E-state index is 0.792. The summed E-state index contributed by atoms with van der Waals surface area (Å²) in [7, 11) is 1.14. The van der Waals surface area contributed by atoms with Gasteiger partial charge in [0, 0.05) is 14.0 Å². The summed E-state index contributed by atoms with van der Waals surface area (Å²) in [6, 6.07) is -1.71. The molecule has 5 saturated heterocycles. The largest absolute Gasteiger partial charge is 0.394 e. The third-order valence-electron chi connectivity index (χ3n) is 11.0. The van der Waals surface area contributed by atoms with E-state index in [1.54, 1.807) is 0 Å². The monoisotopic (exact) mass is 883 g/mol. The Kier molecular flexibility index (Phi) is 17.7. The first-order chi connectivity index (χ1) is 28.5. The van der Waals surface area contributed by atoms with Crippen molar-refractivity contribution in [1.82, 2.24) is 5.32 Å². The molecule has 0 aromatic rings. The standard InChI is InChI=1S/C33H57NO26/c1-8(40)34-14-25(58-32-23(49)26(51-2)17(43)11(5-37)55-32)16(42)10(4-36)53-30(14)59-27-18(44)12(6-38)56-33(57-24-13(7-39)52-29(50)21(47)20(24)46)28(27)60-31-22(48)19(45)15(41)9(3-35)54-31/h9-33,35-39,41-50H,3-7H2,1-2H3,(H,34,40)/t9-,10-,11-,12-,13-,14-,15+,16+,17+,18+,19+,20-,21-,22-,23-,24-,25-,26+,27+,28-,29-,30-,31-,32-,33+/m1/s1. The number of rotatable bonds is 15. The Hall–Kier alpha value is -1.53. The van der Waals surface area contributed by atoms with Crippen molar-refractivity contribution in [1.29, 1.82) is 0 Å². The number of aliphatic hydroxyl groups excluding tert-OH is 15. The summed E-state index contributed by atoms with van der Waals surface area (Å²) in [6.07, 6.45) is -44.3. The molecule has 16 N–H and O–H groups in total. The Labute approximate surface area is 340 Å². The van der Waals surface area contributed by atoms with Gasteiger partial charge in [-0.15, -0.1) is 0 Å². The van der Waals surface area contributed by atoms with Gasteiger partial charge >= 0.3 is 0 Å². The molecule has 27 heteroatoms. The van der Waals surface area contributed by atoms with E-state index in [9.17, 15) is 81.4 Å². The smallest absolute Gasteiger partial charge is 0.217 e. The summed E-state index contributed by atoms with van der Waals surface area (Å²) in [4.78, 5) is 12.7. The fourth-order valence-corrected chi connectivity index (χ4v) is 7.66. The van der Waals surface area contributed by atoms with Crippen molar-refractivity contribution in [3.05, 3.63) is 0 Å². The highest BCUT2D eigenvalue weighted by Crippen LogP contribution is 2.37. The number of aliphatic hydroxyl groups is 15. The normalized spacial score (nSPS) is 50.3. The highest BCUT2D eigenvalue weighted by Gasteiger charge is 2.58. The van der Waals surface area contributed by atoms with Gasteiger partial charge in [0.25, 0.3) is 0 Å². The zero-order valence-electron chi connectivity index (χ0n) is 32.2. The molecule has 1 amide bonds. The first kappa shape index (κ1) is 49.5. The fraction of sp³-hybridized carbons (Fsp3) is 0.970. The van der Waals surface area contributed by atoms with Crippen LogP contribution < -0.4 is 5.32 Å². The first-order valence-electron chi connectivity index (χ1n) is 19.0. The predicted molar refractivity (Wildman–Crippen MR) is 183 cm³/mol. The third kappa shape index (κ3) is 10.2. The van der Waals surface area contributed by atoms with Gasteiger partial charge in [-0.2, -0.15) is 0 Å². The predicted octanol–water partition coefficient (Wildman–Crippen LogP) is -11.1. The van der Waals surface area contributed by atoms with Crippen LogP contribution in [0.5, 0.6) is 0 Å². The van der Waals surface area contributed by atoms with E-state index in [4.69, 9.17) is 47.4 Å². The summed E-state index contributed by atoms with van der Waals surface area (Å²) >= 11 is 0. The molecule has 5 rings (SSSR count). The van der Waals surface area contributed by atoms with Crippen LogP contribution >= 0.6 is 0 Å². The van der Waals surface area contributed by atoms with E-state index in [1.807, 2.05) is 0 Å². The van der Waals surface area contributed by atoms with E-state index in [2.05, 4.69) is 5.32 Å². The molecule has 5 aliphatic rings. The quantitative estimate of drug-likeness (QED) is 0.0726. The number of hydrogen-bond donors (Lipinski definition) is 16. The number of carbonyl (C=O) groups is 1. The Morgan fingerprint density at radius 1 is 0.433 bits per heavy atom. The molecule has 0 radical (unpaired) electrons. The first-order valence-corrected chi connectivity index (χ1v) is 19.0. The van der Waals surface area contributed by atoms with Crippen LogP contribution in [0.15, 0.2) is 0 Å². The third-order valence-corrected chi connectivity index (χ3v) is 11.0. The van der Waals surface area contributed by atoms with Gasteiger partial charge in [-0.3, -0.25) is 4.79 Å². The van der Waals surface area contributed by atoms with Crippen LogP contribution in [0.2, 0.25) is 0 Å². The maximum absolute atomic E-state index is 12.7. The summed E-state index contributed by atoms with van der Waals surface area (Å²) < 4.78 is 57.1. The summed E-state index contributed by atoms with van der Waals surface area (Å²) in [5.74, 6) is -0.817. The topological polar surface area (TPSA) is 425 Å². The van der Waals surface area contributed by atoms with Crippen LogP contribution in [0.4, 0.5) is 0 Å². The average Bonchev–Trinajstić information content (AvgIpc) is 3.22. The van der Waals surface area contributed by atoms with Crippen LogP contribution in [0.1, 0.15) is 6.92 Å². The number of ether oxygens (including phenoxy) is 10. The maximum Gasteiger partial charge on any atom is 0.217 e. The summed E-state index contributed by atoms with van der Waals surface area (Å²) in [5, 5.41) is 161. The zero-order valence-corrected chi connectivity index (χ0v) is 32.2. The number of methoxy groups -OCH3 is 1. The van der Waals surface area contributed by atoms with Crippen molar-refractivity contribution in [2.24, 2.45) is 0 Å². The van der Waals surface area contributed by atoms with Gasteiger partial charge in [0.05, 0.1) is 33.0 Å². The highest BCUT2D eigenvalue weighted by atomic mass is 16.8.